The van der Waals surface area contributed by atoms with Gasteiger partial charge in [-0.05, 0) is 58.8 Å². The second-order valence-corrected chi connectivity index (χ2v) is 6.86. The predicted molar refractivity (Wildman–Crippen MR) is 99.4 cm³/mol. The topological polar surface area (TPSA) is 52.9 Å². The van der Waals surface area contributed by atoms with Crippen LogP contribution in [0.5, 0.6) is 0 Å². The number of para-hydroxylation sites is 1. The van der Waals surface area contributed by atoms with E-state index in [2.05, 4.69) is 22.1 Å². The Morgan fingerprint density at radius 1 is 1.12 bits per heavy atom. The summed E-state index contributed by atoms with van der Waals surface area (Å²) < 4.78 is 0. The third-order valence-electron chi connectivity index (χ3n) is 3.39. The number of carbonyl (C=O) groups is 1. The first-order valence-electron chi connectivity index (χ1n) is 7.30. The maximum Gasteiger partial charge on any atom is 0.255 e. The molecule has 1 aromatic heterocycles. The average molecular weight is 350 g/mol. The first-order chi connectivity index (χ1) is 11.8. The number of nitrogens with zero attached hydrogens (tertiary/aromatic N) is 1. The van der Waals surface area contributed by atoms with E-state index in [-0.39, 0.29) is 5.91 Å². The average Bonchev–Trinajstić information content (AvgIpc) is 3.14. The van der Waals surface area contributed by atoms with E-state index >= 15 is 0 Å². The van der Waals surface area contributed by atoms with Gasteiger partial charge in [-0.15, -0.1) is 11.8 Å². The van der Waals surface area contributed by atoms with Crippen molar-refractivity contribution in [3.05, 3.63) is 82.0 Å². The van der Waals surface area contributed by atoms with E-state index < -0.39 is 0 Å². The highest BCUT2D eigenvalue weighted by Crippen LogP contribution is 2.30. The molecule has 0 bridgehead atoms. The highest BCUT2D eigenvalue weighted by molar-refractivity contribution is 7.98. The van der Waals surface area contributed by atoms with Crippen molar-refractivity contribution >= 4 is 34.7 Å². The summed E-state index contributed by atoms with van der Waals surface area (Å²) in [5.41, 5.74) is 3.15. The molecule has 0 saturated heterocycles. The summed E-state index contributed by atoms with van der Waals surface area (Å²) in [7, 11) is 0. The predicted octanol–water partition coefficient (Wildman–Crippen LogP) is 5.16. The normalized spacial score (nSPS) is 10.1. The number of thiophene rings is 1. The molecule has 118 valence electrons. The lowest BCUT2D eigenvalue weighted by atomic mass is 10.1. The molecule has 0 aliphatic heterocycles. The number of hydrogen-bond acceptors (Lipinski definition) is 4. The Hall–Kier alpha value is -2.55. The van der Waals surface area contributed by atoms with Crippen LogP contribution in [0.4, 0.5) is 5.69 Å². The van der Waals surface area contributed by atoms with Gasteiger partial charge in [0.15, 0.2) is 0 Å². The van der Waals surface area contributed by atoms with Crippen LogP contribution in [0.2, 0.25) is 0 Å². The van der Waals surface area contributed by atoms with Gasteiger partial charge in [-0.3, -0.25) is 4.79 Å². The van der Waals surface area contributed by atoms with Crippen LogP contribution >= 0.6 is 23.1 Å². The summed E-state index contributed by atoms with van der Waals surface area (Å²) in [5, 5.41) is 16.0. The van der Waals surface area contributed by atoms with E-state index in [0.717, 1.165) is 16.3 Å². The number of nitriles is 1. The Balaban J connectivity index is 1.72. The van der Waals surface area contributed by atoms with Gasteiger partial charge in [0, 0.05) is 16.2 Å². The fourth-order valence-electron chi connectivity index (χ4n) is 2.12. The number of rotatable bonds is 5. The third-order valence-corrected chi connectivity index (χ3v) is 5.26. The van der Waals surface area contributed by atoms with Gasteiger partial charge in [-0.1, -0.05) is 12.1 Å². The summed E-state index contributed by atoms with van der Waals surface area (Å²) in [4.78, 5) is 13.4. The van der Waals surface area contributed by atoms with E-state index in [0.29, 0.717) is 11.1 Å². The van der Waals surface area contributed by atoms with E-state index in [4.69, 9.17) is 5.26 Å². The molecule has 0 atom stereocenters. The maximum atomic E-state index is 12.4. The highest BCUT2D eigenvalue weighted by atomic mass is 32.2. The summed E-state index contributed by atoms with van der Waals surface area (Å²) >= 11 is 3.38. The van der Waals surface area contributed by atoms with Crippen molar-refractivity contribution in [3.8, 4) is 6.07 Å². The number of thioether (sulfide) groups is 1. The summed E-state index contributed by atoms with van der Waals surface area (Å²) in [6, 6.07) is 18.5. The highest BCUT2D eigenvalue weighted by Gasteiger charge is 2.09. The van der Waals surface area contributed by atoms with Gasteiger partial charge in [-0.2, -0.15) is 16.6 Å². The first kappa shape index (κ1) is 16.3. The lowest BCUT2D eigenvalue weighted by Crippen LogP contribution is -2.12. The molecule has 1 N–H and O–H groups in total. The van der Waals surface area contributed by atoms with Crippen LogP contribution in [-0.4, -0.2) is 5.91 Å². The van der Waals surface area contributed by atoms with Crippen molar-refractivity contribution < 1.29 is 4.79 Å². The Morgan fingerprint density at radius 3 is 2.62 bits per heavy atom. The van der Waals surface area contributed by atoms with Crippen LogP contribution < -0.4 is 5.32 Å². The molecular weight excluding hydrogens is 336 g/mol. The monoisotopic (exact) mass is 350 g/mol. The summed E-state index contributed by atoms with van der Waals surface area (Å²) in [6.45, 7) is 0. The molecule has 3 aromatic rings. The molecule has 0 aliphatic rings. The molecule has 2 aromatic carbocycles. The fraction of sp³-hybridized carbons (Fsp3) is 0.0526. The largest absolute Gasteiger partial charge is 0.321 e. The molecule has 3 rings (SSSR count). The number of carbonyl (C=O) groups excluding carboxylic acids is 1. The zero-order chi connectivity index (χ0) is 16.8. The van der Waals surface area contributed by atoms with Crippen molar-refractivity contribution in [1.29, 1.82) is 5.26 Å². The van der Waals surface area contributed by atoms with E-state index in [1.165, 1.54) is 5.56 Å². The van der Waals surface area contributed by atoms with Crippen LogP contribution in [0, 0.1) is 11.3 Å². The quantitative estimate of drug-likeness (QED) is 0.646. The Morgan fingerprint density at radius 2 is 1.92 bits per heavy atom. The number of hydrogen-bond donors (Lipinski definition) is 1. The molecular formula is C19H14N2OS2. The lowest BCUT2D eigenvalue weighted by molar-refractivity contribution is 0.102. The standard InChI is InChI=1S/C19H14N2OS2/c20-11-14-5-7-16(8-6-14)19(22)21-17-3-1-2-4-18(17)24-13-15-9-10-23-12-15/h1-10,12H,13H2,(H,21,22). The van der Waals surface area contributed by atoms with Crippen molar-refractivity contribution in [2.24, 2.45) is 0 Å². The van der Waals surface area contributed by atoms with Gasteiger partial charge in [0.2, 0.25) is 0 Å². The van der Waals surface area contributed by atoms with Crippen molar-refractivity contribution in [2.45, 2.75) is 10.6 Å². The van der Waals surface area contributed by atoms with Crippen molar-refractivity contribution in [2.75, 3.05) is 5.32 Å². The number of anilines is 1. The minimum atomic E-state index is -0.178. The van der Waals surface area contributed by atoms with Crippen LogP contribution in [0.1, 0.15) is 21.5 Å². The molecule has 0 radical (unpaired) electrons. The molecule has 1 heterocycles. The lowest BCUT2D eigenvalue weighted by Gasteiger charge is -2.10. The summed E-state index contributed by atoms with van der Waals surface area (Å²) in [6.07, 6.45) is 0. The molecule has 0 unspecified atom stereocenters. The van der Waals surface area contributed by atoms with Gasteiger partial charge < -0.3 is 5.32 Å². The zero-order valence-corrected chi connectivity index (χ0v) is 14.4. The van der Waals surface area contributed by atoms with E-state index in [1.54, 1.807) is 47.4 Å². The van der Waals surface area contributed by atoms with Gasteiger partial charge >= 0.3 is 0 Å². The SMILES string of the molecule is N#Cc1ccc(C(=O)Nc2ccccc2SCc2ccsc2)cc1. The number of amides is 1. The first-order valence-corrected chi connectivity index (χ1v) is 9.23. The van der Waals surface area contributed by atoms with Gasteiger partial charge in [0.25, 0.3) is 5.91 Å². The number of nitrogens with one attached hydrogen (secondary N) is 1. The minimum Gasteiger partial charge on any atom is -0.321 e. The smallest absolute Gasteiger partial charge is 0.255 e. The Kier molecular flexibility index (Phi) is 5.32. The third kappa shape index (κ3) is 4.05. The molecule has 24 heavy (non-hydrogen) atoms. The van der Waals surface area contributed by atoms with E-state index in [1.807, 2.05) is 30.3 Å². The van der Waals surface area contributed by atoms with Crippen LogP contribution in [0.15, 0.2) is 70.3 Å². The molecule has 0 aliphatic carbocycles. The van der Waals surface area contributed by atoms with Gasteiger partial charge in [-0.25, -0.2) is 0 Å². The molecule has 0 spiro atoms. The molecule has 0 fully saturated rings. The van der Waals surface area contributed by atoms with Crippen LogP contribution in [0.3, 0.4) is 0 Å². The maximum absolute atomic E-state index is 12.4. The second-order valence-electron chi connectivity index (χ2n) is 5.06. The van der Waals surface area contributed by atoms with Crippen molar-refractivity contribution in [3.63, 3.8) is 0 Å². The molecule has 3 nitrogen and oxygen atoms in total. The van der Waals surface area contributed by atoms with E-state index in [9.17, 15) is 4.79 Å². The van der Waals surface area contributed by atoms with Gasteiger partial charge in [0.05, 0.1) is 17.3 Å². The molecule has 1 amide bonds. The number of benzene rings is 2. The minimum absolute atomic E-state index is 0.178. The Bertz CT molecular complexity index is 865. The van der Waals surface area contributed by atoms with Crippen LogP contribution in [-0.2, 0) is 5.75 Å². The fourth-order valence-corrected chi connectivity index (χ4v) is 3.85. The zero-order valence-electron chi connectivity index (χ0n) is 12.7. The van der Waals surface area contributed by atoms with Crippen LogP contribution in [0.25, 0.3) is 0 Å². The molecule has 5 heteroatoms. The summed E-state index contributed by atoms with van der Waals surface area (Å²) in [5.74, 6) is 0.691. The Labute approximate surface area is 149 Å². The second kappa shape index (κ2) is 7.82. The van der Waals surface area contributed by atoms with Gasteiger partial charge in [0.1, 0.15) is 0 Å². The van der Waals surface area contributed by atoms with Crippen molar-refractivity contribution in [1.82, 2.24) is 0 Å². The molecule has 0 saturated carbocycles.